The molecule has 1 amide bonds. The maximum Gasteiger partial charge on any atom is 0.257 e. The van der Waals surface area contributed by atoms with Crippen molar-refractivity contribution in [2.45, 2.75) is 31.6 Å². The Hall–Kier alpha value is -1.85. The number of halogens is 1. The Kier molecular flexibility index (Phi) is 5.99. The lowest BCUT2D eigenvalue weighted by Gasteiger charge is -2.32. The van der Waals surface area contributed by atoms with Crippen LogP contribution in [0.5, 0.6) is 0 Å². The van der Waals surface area contributed by atoms with Gasteiger partial charge in [-0.3, -0.25) is 4.79 Å². The molecule has 0 radical (unpaired) electrons. The number of benzene rings is 1. The van der Waals surface area contributed by atoms with E-state index in [2.05, 4.69) is 22.5 Å². The van der Waals surface area contributed by atoms with Gasteiger partial charge in [0.25, 0.3) is 5.91 Å². The smallest absolute Gasteiger partial charge is 0.257 e. The fraction of sp³-hybridized carbons (Fsp3) is 0.500. The van der Waals surface area contributed by atoms with Crippen molar-refractivity contribution in [1.82, 2.24) is 20.0 Å². The van der Waals surface area contributed by atoms with Gasteiger partial charge >= 0.3 is 0 Å². The van der Waals surface area contributed by atoms with Crippen LogP contribution in [0.15, 0.2) is 36.5 Å². The summed E-state index contributed by atoms with van der Waals surface area (Å²) in [5.41, 5.74) is 2.94. The second-order valence-corrected chi connectivity index (χ2v) is 7.28. The van der Waals surface area contributed by atoms with Gasteiger partial charge in [0.05, 0.1) is 23.1 Å². The SMILES string of the molecule is CNCC1CCCN(C(=O)c2cnn(-c3ccccc3)c2C2CC2)C1.Cl. The van der Waals surface area contributed by atoms with E-state index in [0.29, 0.717) is 11.8 Å². The molecular weight excluding hydrogens is 348 g/mol. The van der Waals surface area contributed by atoms with E-state index in [4.69, 9.17) is 0 Å². The highest BCUT2D eigenvalue weighted by Gasteiger charge is 2.35. The van der Waals surface area contributed by atoms with Gasteiger partial charge in [0, 0.05) is 19.0 Å². The Labute approximate surface area is 161 Å². The van der Waals surface area contributed by atoms with Crippen LogP contribution in [0.1, 0.15) is 47.7 Å². The van der Waals surface area contributed by atoms with Crippen LogP contribution >= 0.6 is 12.4 Å². The summed E-state index contributed by atoms with van der Waals surface area (Å²) in [6, 6.07) is 10.1. The van der Waals surface area contributed by atoms with E-state index in [0.717, 1.165) is 55.8 Å². The van der Waals surface area contributed by atoms with Crippen LogP contribution in [0.4, 0.5) is 0 Å². The quantitative estimate of drug-likeness (QED) is 0.874. The molecule has 1 atom stereocenters. The molecular formula is C20H27ClN4O. The van der Waals surface area contributed by atoms with Gasteiger partial charge < -0.3 is 10.2 Å². The van der Waals surface area contributed by atoms with Crippen LogP contribution in [-0.2, 0) is 0 Å². The van der Waals surface area contributed by atoms with Gasteiger partial charge in [-0.1, -0.05) is 18.2 Å². The standard InChI is InChI=1S/C20H26N4O.ClH/c1-21-12-15-6-5-11-23(14-15)20(25)18-13-22-24(19(18)16-9-10-16)17-7-3-2-4-8-17;/h2-4,7-8,13,15-16,21H,5-6,9-12,14H2,1H3;1H. The first-order chi connectivity index (χ1) is 12.3. The molecule has 1 aliphatic carbocycles. The van der Waals surface area contributed by atoms with Crippen LogP contribution in [0.25, 0.3) is 5.69 Å². The van der Waals surface area contributed by atoms with Gasteiger partial charge in [0.1, 0.15) is 0 Å². The largest absolute Gasteiger partial charge is 0.338 e. The van der Waals surface area contributed by atoms with Gasteiger partial charge in [-0.15, -0.1) is 12.4 Å². The summed E-state index contributed by atoms with van der Waals surface area (Å²) in [5, 5.41) is 7.82. The molecule has 1 aromatic heterocycles. The van der Waals surface area contributed by atoms with Crippen LogP contribution < -0.4 is 5.32 Å². The molecule has 4 rings (SSSR count). The zero-order valence-corrected chi connectivity index (χ0v) is 16.0. The third kappa shape index (κ3) is 3.79. The van der Waals surface area contributed by atoms with E-state index in [9.17, 15) is 4.79 Å². The number of carbonyl (C=O) groups excluding carboxylic acids is 1. The molecule has 2 fully saturated rings. The molecule has 1 aliphatic heterocycles. The first-order valence-corrected chi connectivity index (χ1v) is 9.35. The predicted octanol–water partition coefficient (Wildman–Crippen LogP) is 3.24. The van der Waals surface area contributed by atoms with E-state index < -0.39 is 0 Å². The molecule has 2 heterocycles. The van der Waals surface area contributed by atoms with Gasteiger partial charge in [-0.2, -0.15) is 5.10 Å². The second kappa shape index (κ2) is 8.23. The number of nitrogens with one attached hydrogen (secondary N) is 1. The lowest BCUT2D eigenvalue weighted by molar-refractivity contribution is 0.0673. The number of hydrogen-bond acceptors (Lipinski definition) is 3. The summed E-state index contributed by atoms with van der Waals surface area (Å²) in [5.74, 6) is 1.18. The third-order valence-electron chi connectivity index (χ3n) is 5.30. The minimum Gasteiger partial charge on any atom is -0.338 e. The summed E-state index contributed by atoms with van der Waals surface area (Å²) in [7, 11) is 1.98. The lowest BCUT2D eigenvalue weighted by Crippen LogP contribution is -2.42. The maximum absolute atomic E-state index is 13.2. The molecule has 5 nitrogen and oxygen atoms in total. The van der Waals surface area contributed by atoms with Gasteiger partial charge in [0.2, 0.25) is 0 Å². The zero-order chi connectivity index (χ0) is 17.2. The Morgan fingerprint density at radius 2 is 2.00 bits per heavy atom. The molecule has 1 aromatic carbocycles. The summed E-state index contributed by atoms with van der Waals surface area (Å²) >= 11 is 0. The van der Waals surface area contributed by atoms with E-state index in [1.807, 2.05) is 34.8 Å². The minimum absolute atomic E-state index is 0. The molecule has 140 valence electrons. The third-order valence-corrected chi connectivity index (χ3v) is 5.30. The number of carbonyl (C=O) groups is 1. The molecule has 2 aliphatic rings. The van der Waals surface area contributed by atoms with E-state index >= 15 is 0 Å². The fourth-order valence-electron chi connectivity index (χ4n) is 3.92. The summed E-state index contributed by atoms with van der Waals surface area (Å²) < 4.78 is 1.97. The average Bonchev–Trinajstić information content (AvgIpc) is 3.40. The summed E-state index contributed by atoms with van der Waals surface area (Å²) in [4.78, 5) is 15.2. The van der Waals surface area contributed by atoms with Gasteiger partial charge in [0.15, 0.2) is 0 Å². The molecule has 0 bridgehead atoms. The van der Waals surface area contributed by atoms with Crippen molar-refractivity contribution in [3.05, 3.63) is 47.8 Å². The minimum atomic E-state index is 0. The zero-order valence-electron chi connectivity index (χ0n) is 15.2. The fourth-order valence-corrected chi connectivity index (χ4v) is 3.92. The van der Waals surface area contributed by atoms with Crippen LogP contribution in [0.3, 0.4) is 0 Å². The maximum atomic E-state index is 13.2. The summed E-state index contributed by atoms with van der Waals surface area (Å²) in [6.45, 7) is 2.68. The highest BCUT2D eigenvalue weighted by molar-refractivity contribution is 5.95. The van der Waals surface area contributed by atoms with Crippen molar-refractivity contribution >= 4 is 18.3 Å². The van der Waals surface area contributed by atoms with Crippen LogP contribution in [-0.4, -0.2) is 47.3 Å². The molecule has 1 N–H and O–H groups in total. The molecule has 1 saturated heterocycles. The number of nitrogens with zero attached hydrogens (tertiary/aromatic N) is 3. The van der Waals surface area contributed by atoms with Crippen molar-refractivity contribution in [2.24, 2.45) is 5.92 Å². The monoisotopic (exact) mass is 374 g/mol. The Balaban J connectivity index is 0.00000196. The molecule has 6 heteroatoms. The van der Waals surface area contributed by atoms with Crippen molar-refractivity contribution in [1.29, 1.82) is 0 Å². The number of para-hydroxylation sites is 1. The molecule has 0 spiro atoms. The molecule has 2 aromatic rings. The Bertz CT molecular complexity index is 740. The Morgan fingerprint density at radius 1 is 1.23 bits per heavy atom. The lowest BCUT2D eigenvalue weighted by atomic mass is 9.97. The second-order valence-electron chi connectivity index (χ2n) is 7.28. The molecule has 26 heavy (non-hydrogen) atoms. The number of aromatic nitrogens is 2. The van der Waals surface area contributed by atoms with Crippen molar-refractivity contribution in [2.75, 3.05) is 26.7 Å². The predicted molar refractivity (Wildman–Crippen MR) is 105 cm³/mol. The average molecular weight is 375 g/mol. The number of likely N-dealkylation sites (tertiary alicyclic amines) is 1. The van der Waals surface area contributed by atoms with Crippen LogP contribution in [0, 0.1) is 5.92 Å². The van der Waals surface area contributed by atoms with Crippen molar-refractivity contribution in [3.63, 3.8) is 0 Å². The highest BCUT2D eigenvalue weighted by Crippen LogP contribution is 2.42. The van der Waals surface area contributed by atoms with E-state index in [-0.39, 0.29) is 18.3 Å². The van der Waals surface area contributed by atoms with Crippen LogP contribution in [0.2, 0.25) is 0 Å². The van der Waals surface area contributed by atoms with E-state index in [1.165, 1.54) is 6.42 Å². The highest BCUT2D eigenvalue weighted by atomic mass is 35.5. The van der Waals surface area contributed by atoms with Crippen molar-refractivity contribution < 1.29 is 4.79 Å². The number of piperidine rings is 1. The molecule has 1 saturated carbocycles. The molecule has 1 unspecified atom stereocenters. The topological polar surface area (TPSA) is 50.2 Å². The first-order valence-electron chi connectivity index (χ1n) is 9.35. The first kappa shape index (κ1) is 18.9. The van der Waals surface area contributed by atoms with Gasteiger partial charge in [-0.25, -0.2) is 4.68 Å². The number of hydrogen-bond donors (Lipinski definition) is 1. The summed E-state index contributed by atoms with van der Waals surface area (Å²) in [6.07, 6.45) is 6.38. The Morgan fingerprint density at radius 3 is 2.69 bits per heavy atom. The van der Waals surface area contributed by atoms with E-state index in [1.54, 1.807) is 6.20 Å². The number of amides is 1. The number of rotatable bonds is 5. The normalized spacial score (nSPS) is 19.9. The van der Waals surface area contributed by atoms with Gasteiger partial charge in [-0.05, 0) is 57.3 Å². The van der Waals surface area contributed by atoms with Crippen molar-refractivity contribution in [3.8, 4) is 5.69 Å².